The Morgan fingerprint density at radius 1 is 1.37 bits per heavy atom. The number of aryl methyl sites for hydroxylation is 2. The molecule has 0 aliphatic rings. The van der Waals surface area contributed by atoms with E-state index < -0.39 is 11.2 Å². The Morgan fingerprint density at radius 3 is 2.47 bits per heavy atom. The highest BCUT2D eigenvalue weighted by Crippen LogP contribution is 2.17. The van der Waals surface area contributed by atoms with Gasteiger partial charge in [-0.2, -0.15) is 5.10 Å². The van der Waals surface area contributed by atoms with Gasteiger partial charge in [0.05, 0.1) is 16.9 Å². The van der Waals surface area contributed by atoms with E-state index >= 15 is 0 Å². The Morgan fingerprint density at radius 2 is 2.00 bits per heavy atom. The molecule has 0 bridgehead atoms. The minimum absolute atomic E-state index is 0.0833. The van der Waals surface area contributed by atoms with Crippen LogP contribution >= 0.6 is 11.6 Å². The topological polar surface area (TPSA) is 72.7 Å². The third-order valence-corrected chi connectivity index (χ3v) is 3.19. The first-order chi connectivity index (χ1) is 8.82. The van der Waals surface area contributed by atoms with Gasteiger partial charge in [-0.3, -0.25) is 14.5 Å². The van der Waals surface area contributed by atoms with E-state index in [1.807, 2.05) is 13.8 Å². The predicted octanol–water partition coefficient (Wildman–Crippen LogP) is 1.34. The maximum Gasteiger partial charge on any atom is 0.334 e. The molecule has 0 saturated heterocycles. The second kappa shape index (κ2) is 4.70. The van der Waals surface area contributed by atoms with Gasteiger partial charge in [0.25, 0.3) is 5.56 Å². The minimum atomic E-state index is -0.560. The largest absolute Gasteiger partial charge is 0.334 e. The first kappa shape index (κ1) is 13.6. The minimum Gasteiger partial charge on any atom is -0.297 e. The Bertz CT molecular complexity index is 739. The van der Waals surface area contributed by atoms with Crippen LogP contribution in [-0.4, -0.2) is 19.3 Å². The molecule has 0 radical (unpaired) electrons. The van der Waals surface area contributed by atoms with Crippen molar-refractivity contribution in [3.63, 3.8) is 0 Å². The Labute approximate surface area is 114 Å². The van der Waals surface area contributed by atoms with E-state index in [-0.39, 0.29) is 11.1 Å². The van der Waals surface area contributed by atoms with Crippen molar-refractivity contribution in [2.45, 2.75) is 26.7 Å². The van der Waals surface area contributed by atoms with Gasteiger partial charge in [0.2, 0.25) is 0 Å². The Hall–Kier alpha value is -1.82. The summed E-state index contributed by atoms with van der Waals surface area (Å²) in [6.45, 7) is 5.44. The van der Waals surface area contributed by atoms with Crippen LogP contribution in [0.2, 0.25) is 5.15 Å². The van der Waals surface area contributed by atoms with Crippen molar-refractivity contribution in [3.8, 4) is 5.69 Å². The number of aromatic amines is 1. The molecule has 102 valence electrons. The van der Waals surface area contributed by atoms with Gasteiger partial charge in [0.1, 0.15) is 5.15 Å². The van der Waals surface area contributed by atoms with Gasteiger partial charge < -0.3 is 0 Å². The summed E-state index contributed by atoms with van der Waals surface area (Å²) >= 11 is 5.94. The van der Waals surface area contributed by atoms with Crippen molar-refractivity contribution in [1.29, 1.82) is 0 Å². The number of H-pyrrole nitrogens is 1. The van der Waals surface area contributed by atoms with Crippen molar-refractivity contribution in [3.05, 3.63) is 43.4 Å². The summed E-state index contributed by atoms with van der Waals surface area (Å²) < 4.78 is 2.63. The summed E-state index contributed by atoms with van der Waals surface area (Å²) in [4.78, 5) is 26.9. The third kappa shape index (κ3) is 2.23. The summed E-state index contributed by atoms with van der Waals surface area (Å²) in [5.41, 5.74) is 0.499. The molecule has 0 saturated carbocycles. The van der Waals surface area contributed by atoms with Crippen molar-refractivity contribution >= 4 is 11.6 Å². The van der Waals surface area contributed by atoms with Crippen molar-refractivity contribution in [2.24, 2.45) is 7.05 Å². The van der Waals surface area contributed by atoms with Crippen LogP contribution in [0.25, 0.3) is 5.69 Å². The number of hydrogen-bond acceptors (Lipinski definition) is 3. The molecule has 6 nitrogen and oxygen atoms in total. The van der Waals surface area contributed by atoms with Crippen LogP contribution < -0.4 is 11.2 Å². The zero-order chi connectivity index (χ0) is 14.3. The fourth-order valence-corrected chi connectivity index (χ4v) is 2.43. The molecule has 7 heteroatoms. The van der Waals surface area contributed by atoms with E-state index in [0.29, 0.717) is 16.9 Å². The summed E-state index contributed by atoms with van der Waals surface area (Å²) in [6.07, 6.45) is 1.63. The molecule has 0 atom stereocenters. The molecule has 0 amide bonds. The molecule has 2 heterocycles. The van der Waals surface area contributed by atoms with Crippen molar-refractivity contribution in [2.75, 3.05) is 0 Å². The highest BCUT2D eigenvalue weighted by atomic mass is 35.5. The number of hydrogen-bond donors (Lipinski definition) is 1. The number of aromatic nitrogens is 4. The highest BCUT2D eigenvalue weighted by molar-refractivity contribution is 6.30. The second-order valence-corrected chi connectivity index (χ2v) is 5.10. The first-order valence-corrected chi connectivity index (χ1v) is 6.26. The molecule has 19 heavy (non-hydrogen) atoms. The van der Waals surface area contributed by atoms with Crippen LogP contribution in [0.5, 0.6) is 0 Å². The zero-order valence-electron chi connectivity index (χ0n) is 11.2. The molecule has 0 fully saturated rings. The lowest BCUT2D eigenvalue weighted by atomic mass is 10.1. The van der Waals surface area contributed by atoms with Gasteiger partial charge in [-0.1, -0.05) is 25.4 Å². The molecule has 2 rings (SSSR count). The van der Waals surface area contributed by atoms with Crippen LogP contribution in [0.4, 0.5) is 0 Å². The molecule has 0 spiro atoms. The van der Waals surface area contributed by atoms with E-state index in [9.17, 15) is 9.59 Å². The SMILES string of the molecule is Cc1nn(C)cc1-n1c(=O)[nH]c(Cl)c(C(C)C)c1=O. The summed E-state index contributed by atoms with van der Waals surface area (Å²) in [5, 5.41) is 4.24. The van der Waals surface area contributed by atoms with E-state index in [0.717, 1.165) is 4.57 Å². The fraction of sp³-hybridized carbons (Fsp3) is 0.417. The fourth-order valence-electron chi connectivity index (χ4n) is 2.05. The van der Waals surface area contributed by atoms with Crippen LogP contribution in [0.15, 0.2) is 15.8 Å². The Kier molecular flexibility index (Phi) is 3.36. The van der Waals surface area contributed by atoms with Gasteiger partial charge in [0, 0.05) is 13.2 Å². The average Bonchev–Trinajstić information content (AvgIpc) is 2.56. The normalized spacial score (nSPS) is 11.3. The quantitative estimate of drug-likeness (QED) is 0.845. The van der Waals surface area contributed by atoms with Crippen molar-refractivity contribution in [1.82, 2.24) is 19.3 Å². The molecule has 0 aromatic carbocycles. The highest BCUT2D eigenvalue weighted by Gasteiger charge is 2.18. The van der Waals surface area contributed by atoms with Gasteiger partial charge in [-0.15, -0.1) is 0 Å². The monoisotopic (exact) mass is 282 g/mol. The molecule has 2 aromatic heterocycles. The molecular weight excluding hydrogens is 268 g/mol. The van der Waals surface area contributed by atoms with Gasteiger partial charge in [0.15, 0.2) is 0 Å². The van der Waals surface area contributed by atoms with Crippen LogP contribution in [0.1, 0.15) is 31.0 Å². The second-order valence-electron chi connectivity index (χ2n) is 4.73. The van der Waals surface area contributed by atoms with Gasteiger partial charge in [-0.05, 0) is 12.8 Å². The van der Waals surface area contributed by atoms with Gasteiger partial charge in [-0.25, -0.2) is 9.36 Å². The van der Waals surface area contributed by atoms with E-state index in [2.05, 4.69) is 10.1 Å². The number of nitrogens with zero attached hydrogens (tertiary/aromatic N) is 3. The van der Waals surface area contributed by atoms with Crippen molar-refractivity contribution < 1.29 is 0 Å². The van der Waals surface area contributed by atoms with E-state index in [1.165, 1.54) is 0 Å². The lowest BCUT2D eigenvalue weighted by Gasteiger charge is -2.10. The number of halogens is 1. The standard InChI is InChI=1S/C12H15ClN4O2/c1-6(2)9-10(13)14-12(19)17(11(9)18)8-5-16(4)15-7(8)3/h5-6H,1-4H3,(H,14,19). The lowest BCUT2D eigenvalue weighted by Crippen LogP contribution is -2.36. The maximum absolute atomic E-state index is 12.4. The third-order valence-electron chi connectivity index (χ3n) is 2.90. The molecule has 0 unspecified atom stereocenters. The first-order valence-electron chi connectivity index (χ1n) is 5.88. The van der Waals surface area contributed by atoms with Crippen LogP contribution in [0, 0.1) is 6.92 Å². The summed E-state index contributed by atoms with van der Waals surface area (Å²) in [5.74, 6) is -0.0833. The van der Waals surface area contributed by atoms with E-state index in [4.69, 9.17) is 11.6 Å². The zero-order valence-corrected chi connectivity index (χ0v) is 11.9. The van der Waals surface area contributed by atoms with E-state index in [1.54, 1.807) is 24.9 Å². The molecule has 0 aliphatic heterocycles. The lowest BCUT2D eigenvalue weighted by molar-refractivity contribution is 0.755. The molecular formula is C12H15ClN4O2. The molecule has 2 aromatic rings. The summed E-state index contributed by atoms with van der Waals surface area (Å²) in [6, 6.07) is 0. The van der Waals surface area contributed by atoms with Gasteiger partial charge >= 0.3 is 5.69 Å². The number of nitrogens with one attached hydrogen (secondary N) is 1. The van der Waals surface area contributed by atoms with Crippen LogP contribution in [0.3, 0.4) is 0 Å². The smallest absolute Gasteiger partial charge is 0.297 e. The molecule has 0 aliphatic carbocycles. The Balaban J connectivity index is 2.86. The maximum atomic E-state index is 12.4. The molecule has 1 N–H and O–H groups in total. The van der Waals surface area contributed by atoms with Crippen LogP contribution in [-0.2, 0) is 7.05 Å². The average molecular weight is 283 g/mol. The summed E-state index contributed by atoms with van der Waals surface area (Å²) in [7, 11) is 1.73. The number of rotatable bonds is 2. The predicted molar refractivity (Wildman–Crippen MR) is 73.3 cm³/mol.